The number of rotatable bonds is 3. The maximum atomic E-state index is 9.06. The van der Waals surface area contributed by atoms with Crippen LogP contribution >= 0.6 is 0 Å². The Morgan fingerprint density at radius 2 is 1.63 bits per heavy atom. The van der Waals surface area contributed by atoms with E-state index in [1.54, 1.807) is 0 Å². The Labute approximate surface area is 115 Å². The summed E-state index contributed by atoms with van der Waals surface area (Å²) in [5.74, 6) is -0.0488. The van der Waals surface area contributed by atoms with Crippen LogP contribution in [0.25, 0.3) is 0 Å². The second kappa shape index (κ2) is 4.99. The summed E-state index contributed by atoms with van der Waals surface area (Å²) in [4.78, 5) is 0. The molecule has 0 saturated carbocycles. The van der Waals surface area contributed by atoms with E-state index in [1.807, 2.05) is 58.0 Å². The van der Waals surface area contributed by atoms with E-state index in [-0.39, 0.29) is 24.1 Å². The maximum Gasteiger partial charge on any atom is 0.466 e. The van der Waals surface area contributed by atoms with Crippen LogP contribution in [0.3, 0.4) is 0 Å². The second-order valence-electron chi connectivity index (χ2n) is 6.00. The van der Waals surface area contributed by atoms with Gasteiger partial charge in [0.25, 0.3) is 0 Å². The quantitative estimate of drug-likeness (QED) is 0.780. The third-order valence-electron chi connectivity index (χ3n) is 4.14. The topological polar surface area (TPSA) is 42.2 Å². The summed E-state index contributed by atoms with van der Waals surface area (Å²) in [5.41, 5.74) is 0.364. The molecule has 3 nitrogen and oxygen atoms in total. The van der Waals surface area contributed by atoms with Gasteiger partial charge in [0.2, 0.25) is 0 Å². The summed E-state index contributed by atoms with van der Waals surface area (Å²) < 4.78 is 12.1. The van der Waals surface area contributed by atoms with Crippen LogP contribution in [-0.4, -0.2) is 18.3 Å². The second-order valence-corrected chi connectivity index (χ2v) is 6.00. The molecule has 1 aliphatic heterocycles. The first-order valence-corrected chi connectivity index (χ1v) is 6.65. The van der Waals surface area contributed by atoms with Gasteiger partial charge in [-0.25, -0.2) is 0 Å². The van der Waals surface area contributed by atoms with Crippen molar-refractivity contribution in [1.82, 2.24) is 0 Å². The van der Waals surface area contributed by atoms with Crippen LogP contribution < -0.4 is 0 Å². The predicted octanol–water partition coefficient (Wildman–Crippen LogP) is 3.32. The third kappa shape index (κ3) is 2.68. The Balaban J connectivity index is 2.26. The number of nitrogens with zero attached hydrogens (tertiary/aromatic N) is 1. The fourth-order valence-corrected chi connectivity index (χ4v) is 2.22. The SMILES string of the molecule is CC1(C)OB([C@@H](CC#N)c2ccccc2)OC1(C)C. The summed E-state index contributed by atoms with van der Waals surface area (Å²) in [7, 11) is -0.368. The molecule has 19 heavy (non-hydrogen) atoms. The van der Waals surface area contributed by atoms with Gasteiger partial charge in [0.1, 0.15) is 0 Å². The Bertz CT molecular complexity index is 463. The summed E-state index contributed by atoms with van der Waals surface area (Å²) in [5, 5.41) is 9.06. The van der Waals surface area contributed by atoms with Gasteiger partial charge in [-0.1, -0.05) is 30.3 Å². The van der Waals surface area contributed by atoms with Gasteiger partial charge in [-0.15, -0.1) is 0 Å². The minimum Gasteiger partial charge on any atom is -0.403 e. The van der Waals surface area contributed by atoms with E-state index in [0.717, 1.165) is 5.56 Å². The first kappa shape index (κ1) is 14.1. The summed E-state index contributed by atoms with van der Waals surface area (Å²) in [6, 6.07) is 12.2. The van der Waals surface area contributed by atoms with Gasteiger partial charge in [-0.3, -0.25) is 0 Å². The molecule has 0 aliphatic carbocycles. The van der Waals surface area contributed by atoms with Crippen LogP contribution in [0.1, 0.15) is 45.5 Å². The van der Waals surface area contributed by atoms with Gasteiger partial charge in [0.05, 0.1) is 17.3 Å². The van der Waals surface area contributed by atoms with Crippen LogP contribution in [0.5, 0.6) is 0 Å². The highest BCUT2D eigenvalue weighted by molar-refractivity contribution is 6.47. The fraction of sp³-hybridized carbons (Fsp3) is 0.533. The van der Waals surface area contributed by atoms with Crippen molar-refractivity contribution < 1.29 is 9.31 Å². The van der Waals surface area contributed by atoms with E-state index in [9.17, 15) is 0 Å². The molecule has 1 atom stereocenters. The molecule has 0 radical (unpaired) electrons. The molecule has 0 bridgehead atoms. The lowest BCUT2D eigenvalue weighted by Gasteiger charge is -2.32. The zero-order valence-electron chi connectivity index (χ0n) is 12.0. The van der Waals surface area contributed by atoms with E-state index in [1.165, 1.54) is 0 Å². The normalized spacial score (nSPS) is 21.9. The van der Waals surface area contributed by atoms with Crippen molar-refractivity contribution in [2.24, 2.45) is 0 Å². The molecule has 1 aromatic rings. The monoisotopic (exact) mass is 257 g/mol. The van der Waals surface area contributed by atoms with Crippen molar-refractivity contribution in [3.8, 4) is 6.07 Å². The minimum absolute atomic E-state index is 0.0488. The van der Waals surface area contributed by atoms with Crippen LogP contribution in [0.15, 0.2) is 30.3 Å². The molecule has 4 heteroatoms. The predicted molar refractivity (Wildman–Crippen MR) is 75.5 cm³/mol. The van der Waals surface area contributed by atoms with Gasteiger partial charge in [0, 0.05) is 12.2 Å². The van der Waals surface area contributed by atoms with Crippen molar-refractivity contribution in [3.63, 3.8) is 0 Å². The van der Waals surface area contributed by atoms with Gasteiger partial charge in [-0.2, -0.15) is 5.26 Å². The number of hydrogen-bond donors (Lipinski definition) is 0. The standard InChI is InChI=1S/C15H20BNO2/c1-14(2)15(3,4)19-16(18-14)13(10-11-17)12-8-6-5-7-9-12/h5-9,13H,10H2,1-4H3/t13-/m0/s1. The van der Waals surface area contributed by atoms with Gasteiger partial charge in [-0.05, 0) is 33.3 Å². The molecular formula is C15H20BNO2. The van der Waals surface area contributed by atoms with Crippen molar-refractivity contribution >= 4 is 7.12 Å². The van der Waals surface area contributed by atoms with Crippen LogP contribution in [0.2, 0.25) is 0 Å². The summed E-state index contributed by atoms with van der Waals surface area (Å²) in [6.45, 7) is 8.12. The zero-order chi connectivity index (χ0) is 14.1. The minimum atomic E-state index is -0.368. The van der Waals surface area contributed by atoms with Gasteiger partial charge < -0.3 is 9.31 Å². The average molecular weight is 257 g/mol. The molecule has 1 saturated heterocycles. The molecule has 1 heterocycles. The Morgan fingerprint density at radius 3 is 2.11 bits per heavy atom. The molecule has 0 spiro atoms. The molecule has 0 aromatic heterocycles. The molecule has 0 N–H and O–H groups in total. The first-order chi connectivity index (χ1) is 8.87. The highest BCUT2D eigenvalue weighted by Crippen LogP contribution is 2.41. The number of nitriles is 1. The summed E-state index contributed by atoms with van der Waals surface area (Å²) in [6.07, 6.45) is 0.390. The Kier molecular flexibility index (Phi) is 3.71. The lowest BCUT2D eigenvalue weighted by atomic mass is 9.66. The molecule has 1 fully saturated rings. The smallest absolute Gasteiger partial charge is 0.403 e. The lowest BCUT2D eigenvalue weighted by molar-refractivity contribution is 0.00578. The fourth-order valence-electron chi connectivity index (χ4n) is 2.22. The number of hydrogen-bond acceptors (Lipinski definition) is 3. The van der Waals surface area contributed by atoms with Crippen molar-refractivity contribution in [2.45, 2.75) is 51.1 Å². The average Bonchev–Trinajstić information content (AvgIpc) is 2.56. The molecular weight excluding hydrogens is 237 g/mol. The largest absolute Gasteiger partial charge is 0.466 e. The molecule has 100 valence electrons. The van der Waals surface area contributed by atoms with Crippen LogP contribution in [-0.2, 0) is 9.31 Å². The van der Waals surface area contributed by atoms with E-state index >= 15 is 0 Å². The van der Waals surface area contributed by atoms with Crippen molar-refractivity contribution in [1.29, 1.82) is 5.26 Å². The molecule has 1 aliphatic rings. The van der Waals surface area contributed by atoms with Gasteiger partial charge >= 0.3 is 7.12 Å². The maximum absolute atomic E-state index is 9.06. The Morgan fingerprint density at radius 1 is 1.11 bits per heavy atom. The molecule has 2 rings (SSSR count). The highest BCUT2D eigenvalue weighted by atomic mass is 16.7. The van der Waals surface area contributed by atoms with Crippen molar-refractivity contribution in [2.75, 3.05) is 0 Å². The highest BCUT2D eigenvalue weighted by Gasteiger charge is 2.53. The van der Waals surface area contributed by atoms with E-state index in [4.69, 9.17) is 14.6 Å². The van der Waals surface area contributed by atoms with Crippen LogP contribution in [0.4, 0.5) is 0 Å². The lowest BCUT2D eigenvalue weighted by Crippen LogP contribution is -2.41. The molecule has 1 aromatic carbocycles. The van der Waals surface area contributed by atoms with Gasteiger partial charge in [0.15, 0.2) is 0 Å². The zero-order valence-corrected chi connectivity index (χ0v) is 12.0. The summed E-state index contributed by atoms with van der Waals surface area (Å²) >= 11 is 0. The van der Waals surface area contributed by atoms with E-state index in [0.29, 0.717) is 6.42 Å². The number of benzene rings is 1. The van der Waals surface area contributed by atoms with Crippen LogP contribution in [0, 0.1) is 11.3 Å². The molecule has 0 amide bonds. The van der Waals surface area contributed by atoms with E-state index in [2.05, 4.69) is 6.07 Å². The Hall–Kier alpha value is -1.31. The third-order valence-corrected chi connectivity index (χ3v) is 4.14. The molecule has 0 unspecified atom stereocenters. The first-order valence-electron chi connectivity index (χ1n) is 6.65. The van der Waals surface area contributed by atoms with E-state index < -0.39 is 0 Å². The van der Waals surface area contributed by atoms with Crippen molar-refractivity contribution in [3.05, 3.63) is 35.9 Å².